The van der Waals surface area contributed by atoms with Crippen molar-refractivity contribution in [3.05, 3.63) is 59.3 Å². The lowest BCUT2D eigenvalue weighted by molar-refractivity contribution is 0.837. The summed E-state index contributed by atoms with van der Waals surface area (Å²) < 4.78 is 0. The highest BCUT2D eigenvalue weighted by atomic mass is 14.1. The molecule has 2 aliphatic carbocycles. The molecule has 0 aliphatic heterocycles. The van der Waals surface area contributed by atoms with E-state index in [0.29, 0.717) is 0 Å². The number of allylic oxidation sites excluding steroid dienone is 10. The van der Waals surface area contributed by atoms with Crippen molar-refractivity contribution in [3.8, 4) is 0 Å². The van der Waals surface area contributed by atoms with Crippen LogP contribution in [-0.4, -0.2) is 0 Å². The fourth-order valence-corrected chi connectivity index (χ4v) is 2.36. The van der Waals surface area contributed by atoms with Crippen LogP contribution in [0, 0.1) is 0 Å². The van der Waals surface area contributed by atoms with Crippen LogP contribution >= 0.6 is 0 Å². The molecule has 0 aromatic heterocycles. The van der Waals surface area contributed by atoms with Crippen molar-refractivity contribution in [2.45, 2.75) is 39.0 Å². The first-order valence-electron chi connectivity index (χ1n) is 6.33. The summed E-state index contributed by atoms with van der Waals surface area (Å²) in [7, 11) is 0. The first kappa shape index (κ1) is 11.2. The lowest BCUT2D eigenvalue weighted by Crippen LogP contribution is -1.93. The first-order valence-corrected chi connectivity index (χ1v) is 6.33. The van der Waals surface area contributed by atoms with Gasteiger partial charge in [-0.2, -0.15) is 0 Å². The lowest BCUT2D eigenvalue weighted by Gasteiger charge is -2.12. The van der Waals surface area contributed by atoms with Crippen LogP contribution in [0.4, 0.5) is 0 Å². The molecule has 0 N–H and O–H groups in total. The van der Waals surface area contributed by atoms with E-state index in [2.05, 4.69) is 49.5 Å². The van der Waals surface area contributed by atoms with E-state index < -0.39 is 0 Å². The molecule has 2 rings (SSSR count). The van der Waals surface area contributed by atoms with Gasteiger partial charge in [-0.3, -0.25) is 0 Å². The largest absolute Gasteiger partial charge is 0.0845 e. The summed E-state index contributed by atoms with van der Waals surface area (Å²) in [6.45, 7) is 2.25. The molecular formula is C16H20. The van der Waals surface area contributed by atoms with Gasteiger partial charge >= 0.3 is 0 Å². The van der Waals surface area contributed by atoms with Crippen molar-refractivity contribution in [1.82, 2.24) is 0 Å². The lowest BCUT2D eigenvalue weighted by atomic mass is 9.93. The Balaban J connectivity index is 2.32. The number of hydrogen-bond acceptors (Lipinski definition) is 0. The van der Waals surface area contributed by atoms with E-state index in [-0.39, 0.29) is 0 Å². The van der Waals surface area contributed by atoms with Crippen LogP contribution in [0.2, 0.25) is 0 Å². The second-order valence-electron chi connectivity index (χ2n) is 4.36. The SMILES string of the molecule is CCC1=C(C2=CC=CCCC2)CC=CC=C1. The molecule has 0 amide bonds. The molecule has 84 valence electrons. The van der Waals surface area contributed by atoms with Gasteiger partial charge in [-0.15, -0.1) is 0 Å². The van der Waals surface area contributed by atoms with E-state index in [1.807, 2.05) is 0 Å². The predicted molar refractivity (Wildman–Crippen MR) is 71.3 cm³/mol. The average molecular weight is 212 g/mol. The zero-order valence-corrected chi connectivity index (χ0v) is 10.1. The molecule has 0 unspecified atom stereocenters. The summed E-state index contributed by atoms with van der Waals surface area (Å²) in [5.74, 6) is 0. The molecule has 2 aliphatic rings. The predicted octanol–water partition coefficient (Wildman–Crippen LogP) is 4.88. The van der Waals surface area contributed by atoms with Crippen LogP contribution in [-0.2, 0) is 0 Å². The quantitative estimate of drug-likeness (QED) is 0.612. The fraction of sp³-hybridized carbons (Fsp3) is 0.375. The van der Waals surface area contributed by atoms with Gasteiger partial charge in [-0.05, 0) is 48.8 Å². The normalized spacial score (nSPS) is 20.7. The number of hydrogen-bond donors (Lipinski definition) is 0. The van der Waals surface area contributed by atoms with E-state index in [4.69, 9.17) is 0 Å². The van der Waals surface area contributed by atoms with Crippen LogP contribution in [0.25, 0.3) is 0 Å². The van der Waals surface area contributed by atoms with Gasteiger partial charge in [-0.1, -0.05) is 49.5 Å². The van der Waals surface area contributed by atoms with Crippen molar-refractivity contribution < 1.29 is 0 Å². The van der Waals surface area contributed by atoms with E-state index >= 15 is 0 Å². The molecule has 0 aromatic rings. The Bertz CT molecular complexity index is 386. The molecule has 0 spiro atoms. The molecule has 0 bridgehead atoms. The van der Waals surface area contributed by atoms with Gasteiger partial charge in [0.1, 0.15) is 0 Å². The third-order valence-corrected chi connectivity index (χ3v) is 3.27. The monoisotopic (exact) mass is 212 g/mol. The summed E-state index contributed by atoms with van der Waals surface area (Å²) in [5.41, 5.74) is 4.60. The molecule has 0 aromatic carbocycles. The molecular weight excluding hydrogens is 192 g/mol. The van der Waals surface area contributed by atoms with E-state index in [0.717, 1.165) is 12.8 Å². The van der Waals surface area contributed by atoms with Gasteiger partial charge in [0.25, 0.3) is 0 Å². The second-order valence-corrected chi connectivity index (χ2v) is 4.36. The van der Waals surface area contributed by atoms with Crippen LogP contribution < -0.4 is 0 Å². The molecule has 0 atom stereocenters. The number of rotatable bonds is 2. The van der Waals surface area contributed by atoms with Crippen LogP contribution in [0.1, 0.15) is 39.0 Å². The van der Waals surface area contributed by atoms with Gasteiger partial charge in [0, 0.05) is 0 Å². The summed E-state index contributed by atoms with van der Waals surface area (Å²) in [6, 6.07) is 0. The van der Waals surface area contributed by atoms with Crippen molar-refractivity contribution in [2.24, 2.45) is 0 Å². The highest BCUT2D eigenvalue weighted by Crippen LogP contribution is 2.29. The van der Waals surface area contributed by atoms with Crippen molar-refractivity contribution in [2.75, 3.05) is 0 Å². The Morgan fingerprint density at radius 2 is 2.06 bits per heavy atom. The minimum atomic E-state index is 1.09. The van der Waals surface area contributed by atoms with Crippen molar-refractivity contribution in [3.63, 3.8) is 0 Å². The maximum absolute atomic E-state index is 2.31. The second kappa shape index (κ2) is 5.69. The third kappa shape index (κ3) is 2.63. The Labute approximate surface area is 98.8 Å². The fourth-order valence-electron chi connectivity index (χ4n) is 2.36. The molecule has 0 saturated heterocycles. The minimum absolute atomic E-state index is 1.09. The van der Waals surface area contributed by atoms with Crippen LogP contribution in [0.3, 0.4) is 0 Å². The molecule has 0 saturated carbocycles. The summed E-state index contributed by atoms with van der Waals surface area (Å²) in [5, 5.41) is 0. The minimum Gasteiger partial charge on any atom is -0.0845 e. The van der Waals surface area contributed by atoms with Gasteiger partial charge in [0.2, 0.25) is 0 Å². The van der Waals surface area contributed by atoms with E-state index in [1.54, 1.807) is 11.1 Å². The smallest absolute Gasteiger partial charge is 0.00889 e. The molecule has 16 heavy (non-hydrogen) atoms. The summed E-state index contributed by atoms with van der Waals surface area (Å²) in [4.78, 5) is 0. The molecule has 0 heterocycles. The highest BCUT2D eigenvalue weighted by Gasteiger charge is 2.09. The maximum Gasteiger partial charge on any atom is -0.00889 e. The molecule has 0 heteroatoms. The molecule has 0 fully saturated rings. The standard InChI is InChI=1S/C16H20/c1-2-14-10-8-5-9-13-16(14)15-11-6-3-4-7-12-15/h3,5-6,8-11H,2,4,7,12-13H2,1H3. The Kier molecular flexibility index (Phi) is 3.98. The molecule has 0 radical (unpaired) electrons. The summed E-state index contributed by atoms with van der Waals surface area (Å²) in [6.07, 6.45) is 21.6. The Hall–Kier alpha value is -1.30. The van der Waals surface area contributed by atoms with E-state index in [1.165, 1.54) is 24.8 Å². The maximum atomic E-state index is 2.31. The van der Waals surface area contributed by atoms with Crippen molar-refractivity contribution in [1.29, 1.82) is 0 Å². The van der Waals surface area contributed by atoms with Gasteiger partial charge < -0.3 is 0 Å². The van der Waals surface area contributed by atoms with E-state index in [9.17, 15) is 0 Å². The topological polar surface area (TPSA) is 0 Å². The highest BCUT2D eigenvalue weighted by molar-refractivity contribution is 5.45. The average Bonchev–Trinajstić information content (AvgIpc) is 2.70. The van der Waals surface area contributed by atoms with Gasteiger partial charge in [0.05, 0.1) is 0 Å². The van der Waals surface area contributed by atoms with Crippen molar-refractivity contribution >= 4 is 0 Å². The zero-order valence-electron chi connectivity index (χ0n) is 10.1. The Morgan fingerprint density at radius 1 is 1.12 bits per heavy atom. The third-order valence-electron chi connectivity index (χ3n) is 3.27. The Morgan fingerprint density at radius 3 is 2.94 bits per heavy atom. The van der Waals surface area contributed by atoms with Crippen LogP contribution in [0.15, 0.2) is 59.3 Å². The first-order chi connectivity index (χ1) is 7.92. The van der Waals surface area contributed by atoms with Gasteiger partial charge in [-0.25, -0.2) is 0 Å². The molecule has 0 nitrogen and oxygen atoms in total. The van der Waals surface area contributed by atoms with Gasteiger partial charge in [0.15, 0.2) is 0 Å². The van der Waals surface area contributed by atoms with Crippen LogP contribution in [0.5, 0.6) is 0 Å². The summed E-state index contributed by atoms with van der Waals surface area (Å²) >= 11 is 0. The zero-order chi connectivity index (χ0) is 11.2.